The predicted molar refractivity (Wildman–Crippen MR) is 115 cm³/mol. The van der Waals surface area contributed by atoms with E-state index in [0.29, 0.717) is 17.3 Å². The quantitative estimate of drug-likeness (QED) is 0.496. The standard InChI is InChI=1S/C19H16Cl3N5O2/c1-12-4-5-14(25-18(28)29-11-19(20,21)22)9-16(12)27-17-24-8-6-15(26-17)13-3-2-7-23-10-13/h2-10H,11H2,1H3,(H,25,28)(H,24,26,27). The molecule has 150 valence electrons. The molecule has 29 heavy (non-hydrogen) atoms. The van der Waals surface area contributed by atoms with Crippen molar-refractivity contribution in [1.29, 1.82) is 0 Å². The monoisotopic (exact) mass is 451 g/mol. The van der Waals surface area contributed by atoms with E-state index in [9.17, 15) is 4.79 Å². The molecule has 0 fully saturated rings. The van der Waals surface area contributed by atoms with Gasteiger partial charge in [0.1, 0.15) is 6.61 Å². The fourth-order valence-electron chi connectivity index (χ4n) is 2.35. The molecule has 2 N–H and O–H groups in total. The van der Waals surface area contributed by atoms with Crippen LogP contribution < -0.4 is 10.6 Å². The number of benzene rings is 1. The number of carbonyl (C=O) groups excluding carboxylic acids is 1. The van der Waals surface area contributed by atoms with Crippen LogP contribution in [0.15, 0.2) is 55.0 Å². The van der Waals surface area contributed by atoms with Gasteiger partial charge in [-0.25, -0.2) is 14.8 Å². The molecule has 0 saturated heterocycles. The van der Waals surface area contributed by atoms with Gasteiger partial charge in [0, 0.05) is 35.5 Å². The second-order valence-corrected chi connectivity index (χ2v) is 8.49. The van der Waals surface area contributed by atoms with Crippen molar-refractivity contribution < 1.29 is 9.53 Å². The summed E-state index contributed by atoms with van der Waals surface area (Å²) in [6, 6.07) is 10.8. The van der Waals surface area contributed by atoms with E-state index in [-0.39, 0.29) is 6.61 Å². The molecule has 3 aromatic rings. The molecule has 2 heterocycles. The van der Waals surface area contributed by atoms with E-state index in [2.05, 4.69) is 25.6 Å². The second-order valence-electron chi connectivity index (χ2n) is 5.98. The van der Waals surface area contributed by atoms with Gasteiger partial charge in [0.25, 0.3) is 0 Å². The number of pyridine rings is 1. The van der Waals surface area contributed by atoms with Crippen LogP contribution in [0.25, 0.3) is 11.3 Å². The van der Waals surface area contributed by atoms with Gasteiger partial charge in [-0.15, -0.1) is 0 Å². The van der Waals surface area contributed by atoms with Crippen LogP contribution in [0, 0.1) is 6.92 Å². The first kappa shape index (κ1) is 21.1. The van der Waals surface area contributed by atoms with Crippen molar-refractivity contribution >= 4 is 58.2 Å². The van der Waals surface area contributed by atoms with Crippen molar-refractivity contribution in [3.05, 3.63) is 60.6 Å². The summed E-state index contributed by atoms with van der Waals surface area (Å²) in [5, 5.41) is 5.73. The number of hydrogen-bond donors (Lipinski definition) is 2. The van der Waals surface area contributed by atoms with Crippen molar-refractivity contribution in [1.82, 2.24) is 15.0 Å². The van der Waals surface area contributed by atoms with Crippen molar-refractivity contribution in [3.8, 4) is 11.3 Å². The van der Waals surface area contributed by atoms with E-state index in [4.69, 9.17) is 39.5 Å². The molecule has 0 aliphatic carbocycles. The lowest BCUT2D eigenvalue weighted by molar-refractivity contribution is 0.164. The lowest BCUT2D eigenvalue weighted by Gasteiger charge is -2.14. The number of amides is 1. The number of nitrogens with zero attached hydrogens (tertiary/aromatic N) is 3. The highest BCUT2D eigenvalue weighted by atomic mass is 35.6. The Morgan fingerprint density at radius 1 is 1.17 bits per heavy atom. The van der Waals surface area contributed by atoms with Crippen LogP contribution in [0.5, 0.6) is 0 Å². The van der Waals surface area contributed by atoms with Crippen molar-refractivity contribution in [2.75, 3.05) is 17.2 Å². The van der Waals surface area contributed by atoms with Gasteiger partial charge in [0.15, 0.2) is 0 Å². The molecule has 3 rings (SSSR count). The van der Waals surface area contributed by atoms with Crippen molar-refractivity contribution in [3.63, 3.8) is 0 Å². The van der Waals surface area contributed by atoms with E-state index < -0.39 is 9.89 Å². The van der Waals surface area contributed by atoms with Gasteiger partial charge in [-0.05, 0) is 42.8 Å². The number of hydrogen-bond acceptors (Lipinski definition) is 6. The smallest absolute Gasteiger partial charge is 0.411 e. The van der Waals surface area contributed by atoms with Crippen LogP contribution in [-0.4, -0.2) is 31.4 Å². The average molecular weight is 453 g/mol. The Morgan fingerprint density at radius 3 is 2.72 bits per heavy atom. The van der Waals surface area contributed by atoms with Crippen LogP contribution in [0.3, 0.4) is 0 Å². The molecule has 1 aromatic carbocycles. The number of anilines is 3. The Labute approximate surface area is 182 Å². The van der Waals surface area contributed by atoms with Gasteiger partial charge < -0.3 is 10.1 Å². The van der Waals surface area contributed by atoms with Crippen LogP contribution in [0.2, 0.25) is 0 Å². The van der Waals surface area contributed by atoms with Crippen LogP contribution in [-0.2, 0) is 4.74 Å². The first-order chi connectivity index (χ1) is 13.8. The summed E-state index contributed by atoms with van der Waals surface area (Å²) in [4.78, 5) is 24.7. The van der Waals surface area contributed by atoms with Gasteiger partial charge in [0.2, 0.25) is 9.74 Å². The SMILES string of the molecule is Cc1ccc(NC(=O)OCC(Cl)(Cl)Cl)cc1Nc1nccc(-c2cccnc2)n1. The minimum Gasteiger partial charge on any atom is -0.445 e. The second kappa shape index (κ2) is 9.26. The van der Waals surface area contributed by atoms with Gasteiger partial charge in [0.05, 0.1) is 5.69 Å². The lowest BCUT2D eigenvalue weighted by atomic mass is 10.2. The molecule has 0 aliphatic rings. The summed E-state index contributed by atoms with van der Waals surface area (Å²) in [5.41, 5.74) is 3.75. The van der Waals surface area contributed by atoms with Gasteiger partial charge in [-0.1, -0.05) is 40.9 Å². The van der Waals surface area contributed by atoms with E-state index in [0.717, 1.165) is 16.8 Å². The Kier molecular flexibility index (Phi) is 6.74. The number of nitrogens with one attached hydrogen (secondary N) is 2. The molecule has 0 spiro atoms. The third-order valence-electron chi connectivity index (χ3n) is 3.71. The number of aryl methyl sites for hydroxylation is 1. The summed E-state index contributed by atoms with van der Waals surface area (Å²) in [5.74, 6) is 0.408. The number of halogens is 3. The maximum atomic E-state index is 11.9. The number of alkyl halides is 3. The molecule has 0 radical (unpaired) electrons. The zero-order valence-corrected chi connectivity index (χ0v) is 17.5. The third kappa shape index (κ3) is 6.45. The predicted octanol–water partition coefficient (Wildman–Crippen LogP) is 5.51. The Bertz CT molecular complexity index is 997. The van der Waals surface area contributed by atoms with Crippen LogP contribution in [0.4, 0.5) is 22.1 Å². The molecular formula is C19H16Cl3N5O2. The van der Waals surface area contributed by atoms with Gasteiger partial charge >= 0.3 is 6.09 Å². The Hall–Kier alpha value is -2.61. The first-order valence-electron chi connectivity index (χ1n) is 8.42. The summed E-state index contributed by atoms with van der Waals surface area (Å²) in [7, 11) is 0. The highest BCUT2D eigenvalue weighted by Gasteiger charge is 2.22. The van der Waals surface area contributed by atoms with Crippen molar-refractivity contribution in [2.45, 2.75) is 10.7 Å². The summed E-state index contributed by atoms with van der Waals surface area (Å²) in [6.07, 6.45) is 4.35. The largest absolute Gasteiger partial charge is 0.445 e. The minimum atomic E-state index is -1.67. The maximum absolute atomic E-state index is 11.9. The zero-order valence-electron chi connectivity index (χ0n) is 15.2. The van der Waals surface area contributed by atoms with E-state index in [1.807, 2.05) is 25.1 Å². The van der Waals surface area contributed by atoms with Gasteiger partial charge in [-0.3, -0.25) is 10.3 Å². The Morgan fingerprint density at radius 2 is 2.00 bits per heavy atom. The van der Waals surface area contributed by atoms with Crippen LogP contribution >= 0.6 is 34.8 Å². The molecule has 7 nitrogen and oxygen atoms in total. The first-order valence-corrected chi connectivity index (χ1v) is 9.55. The molecule has 1 amide bonds. The summed E-state index contributed by atoms with van der Waals surface area (Å²) >= 11 is 16.7. The van der Waals surface area contributed by atoms with E-state index in [1.54, 1.807) is 36.8 Å². The lowest BCUT2D eigenvalue weighted by Crippen LogP contribution is -2.21. The highest BCUT2D eigenvalue weighted by molar-refractivity contribution is 6.67. The fourth-order valence-corrected chi connectivity index (χ4v) is 2.51. The molecule has 0 bridgehead atoms. The molecule has 0 saturated carbocycles. The number of rotatable bonds is 5. The molecule has 0 aliphatic heterocycles. The normalized spacial score (nSPS) is 11.0. The van der Waals surface area contributed by atoms with Crippen molar-refractivity contribution in [2.24, 2.45) is 0 Å². The number of carbonyl (C=O) groups is 1. The number of aromatic nitrogens is 3. The Balaban J connectivity index is 1.73. The minimum absolute atomic E-state index is 0.366. The van der Waals surface area contributed by atoms with E-state index in [1.165, 1.54) is 0 Å². The molecule has 10 heteroatoms. The van der Waals surface area contributed by atoms with E-state index >= 15 is 0 Å². The fraction of sp³-hybridized carbons (Fsp3) is 0.158. The molecule has 0 atom stereocenters. The van der Waals surface area contributed by atoms with Gasteiger partial charge in [-0.2, -0.15) is 0 Å². The zero-order chi connectivity index (χ0) is 20.9. The third-order valence-corrected chi connectivity index (χ3v) is 4.04. The molecule has 2 aromatic heterocycles. The topological polar surface area (TPSA) is 89.0 Å². The number of ether oxygens (including phenoxy) is 1. The van der Waals surface area contributed by atoms with Crippen LogP contribution in [0.1, 0.15) is 5.56 Å². The molecule has 0 unspecified atom stereocenters. The highest BCUT2D eigenvalue weighted by Crippen LogP contribution is 2.27. The molecular weight excluding hydrogens is 437 g/mol. The average Bonchev–Trinajstić information content (AvgIpc) is 2.69. The summed E-state index contributed by atoms with van der Waals surface area (Å²) < 4.78 is 3.19. The summed E-state index contributed by atoms with van der Waals surface area (Å²) in [6.45, 7) is 1.55. The maximum Gasteiger partial charge on any atom is 0.411 e.